The molecule has 27 heavy (non-hydrogen) atoms. The summed E-state index contributed by atoms with van der Waals surface area (Å²) in [6.07, 6.45) is 26.1. The average molecular weight is 373 g/mol. The Morgan fingerprint density at radius 3 is 1.30 bits per heavy atom. The Hall–Kier alpha value is -1.21. The number of hydrogen-bond donors (Lipinski definition) is 0. The molecule has 0 bridgehead atoms. The van der Waals surface area contributed by atoms with Gasteiger partial charge in [0, 0.05) is 19.3 Å². The van der Waals surface area contributed by atoms with E-state index in [0.717, 1.165) is 32.0 Å². The number of carbonyl (C=O) groups excluding carboxylic acids is 1. The largest absolute Gasteiger partial charge is 0.303 e. The molecule has 154 valence electrons. The Labute approximate surface area is 170 Å². The minimum atomic E-state index is 0.732. The maximum atomic E-state index is 10.2. The minimum absolute atomic E-state index is 0.732. The molecule has 0 radical (unpaired) electrons. The minimum Gasteiger partial charge on any atom is -0.303 e. The molecule has 0 aromatic heterocycles. The molecule has 0 rings (SSSR count). The van der Waals surface area contributed by atoms with Crippen LogP contribution in [-0.2, 0) is 4.79 Å². The summed E-state index contributed by atoms with van der Waals surface area (Å²) in [7, 11) is 0. The number of rotatable bonds is 19. The first-order chi connectivity index (χ1) is 13.4. The second-order valence-corrected chi connectivity index (χ2v) is 7.72. The average Bonchev–Trinajstić information content (AvgIpc) is 2.68. The van der Waals surface area contributed by atoms with Gasteiger partial charge in [0.15, 0.2) is 0 Å². The van der Waals surface area contributed by atoms with E-state index in [4.69, 9.17) is 0 Å². The lowest BCUT2D eigenvalue weighted by atomic mass is 10.1. The summed E-state index contributed by atoms with van der Waals surface area (Å²) in [5, 5.41) is 0. The monoisotopic (exact) mass is 372 g/mol. The second-order valence-electron chi connectivity index (χ2n) is 7.72. The van der Waals surface area contributed by atoms with Crippen LogP contribution in [0.25, 0.3) is 0 Å². The topological polar surface area (TPSA) is 17.1 Å². The van der Waals surface area contributed by atoms with Crippen molar-refractivity contribution in [2.75, 3.05) is 0 Å². The van der Waals surface area contributed by atoms with Gasteiger partial charge in [-0.3, -0.25) is 0 Å². The second kappa shape index (κ2) is 24.8. The molecule has 1 heteroatoms. The summed E-state index contributed by atoms with van der Waals surface area (Å²) in [5.41, 5.74) is 0. The lowest BCUT2D eigenvalue weighted by molar-refractivity contribution is -0.107. The maximum absolute atomic E-state index is 10.2. The van der Waals surface area contributed by atoms with Crippen LogP contribution in [0.15, 0.2) is 0 Å². The van der Waals surface area contributed by atoms with E-state index in [1.54, 1.807) is 0 Å². The van der Waals surface area contributed by atoms with Gasteiger partial charge in [-0.05, 0) is 31.1 Å². The van der Waals surface area contributed by atoms with E-state index in [1.807, 2.05) is 0 Å². The first kappa shape index (κ1) is 25.8. The summed E-state index contributed by atoms with van der Waals surface area (Å²) in [6.45, 7) is 2.28. The Balaban J connectivity index is 3.22. The first-order valence-corrected chi connectivity index (χ1v) is 11.8. The third-order valence-electron chi connectivity index (χ3n) is 5.02. The summed E-state index contributed by atoms with van der Waals surface area (Å²) < 4.78 is 0. The molecule has 0 aromatic rings. The van der Waals surface area contributed by atoms with Crippen molar-refractivity contribution in [3.63, 3.8) is 0 Å². The Kier molecular flexibility index (Phi) is 23.7. The molecule has 0 saturated heterocycles. The molecule has 0 aliphatic heterocycles. The highest BCUT2D eigenvalue weighted by molar-refractivity contribution is 5.48. The molecule has 0 aliphatic rings. The van der Waals surface area contributed by atoms with Gasteiger partial charge in [-0.1, -0.05) is 109 Å². The highest BCUT2D eigenvalue weighted by Crippen LogP contribution is 2.11. The van der Waals surface area contributed by atoms with Gasteiger partial charge in [-0.2, -0.15) is 0 Å². The van der Waals surface area contributed by atoms with Crippen molar-refractivity contribution >= 4 is 6.29 Å². The van der Waals surface area contributed by atoms with E-state index in [1.165, 1.54) is 103 Å². The van der Waals surface area contributed by atoms with Crippen molar-refractivity contribution in [1.29, 1.82) is 0 Å². The Morgan fingerprint density at radius 1 is 0.519 bits per heavy atom. The van der Waals surface area contributed by atoms with Crippen molar-refractivity contribution in [3.8, 4) is 23.7 Å². The summed E-state index contributed by atoms with van der Waals surface area (Å²) in [4.78, 5) is 10.2. The smallest absolute Gasteiger partial charge is 0.119 e. The summed E-state index contributed by atoms with van der Waals surface area (Å²) in [6, 6.07) is 0. The summed E-state index contributed by atoms with van der Waals surface area (Å²) in [5.74, 6) is 12.4. The number of unbranched alkanes of at least 4 members (excludes halogenated alkanes) is 18. The van der Waals surface area contributed by atoms with Crippen LogP contribution >= 0.6 is 0 Å². The van der Waals surface area contributed by atoms with Gasteiger partial charge < -0.3 is 4.79 Å². The van der Waals surface area contributed by atoms with Crippen molar-refractivity contribution in [3.05, 3.63) is 0 Å². The van der Waals surface area contributed by atoms with Crippen LogP contribution in [0.3, 0.4) is 0 Å². The quantitative estimate of drug-likeness (QED) is 0.127. The van der Waals surface area contributed by atoms with Crippen LogP contribution in [0, 0.1) is 23.7 Å². The van der Waals surface area contributed by atoms with Crippen molar-refractivity contribution in [2.45, 2.75) is 135 Å². The van der Waals surface area contributed by atoms with Crippen LogP contribution in [-0.4, -0.2) is 6.29 Å². The Morgan fingerprint density at radius 2 is 0.889 bits per heavy atom. The number of carbonyl (C=O) groups is 1. The molecule has 0 unspecified atom stereocenters. The third kappa shape index (κ3) is 24.8. The molecule has 0 saturated carbocycles. The van der Waals surface area contributed by atoms with Crippen LogP contribution in [0.4, 0.5) is 0 Å². The molecule has 0 fully saturated rings. The molecule has 0 spiro atoms. The van der Waals surface area contributed by atoms with Crippen LogP contribution in [0.2, 0.25) is 0 Å². The fraction of sp³-hybridized carbons (Fsp3) is 0.808. The van der Waals surface area contributed by atoms with E-state index >= 15 is 0 Å². The maximum Gasteiger partial charge on any atom is 0.119 e. The lowest BCUT2D eigenvalue weighted by Crippen LogP contribution is -1.81. The zero-order valence-electron chi connectivity index (χ0n) is 18.1. The van der Waals surface area contributed by atoms with Crippen LogP contribution < -0.4 is 0 Å². The van der Waals surface area contributed by atoms with Crippen LogP contribution in [0.1, 0.15) is 135 Å². The lowest BCUT2D eigenvalue weighted by Gasteiger charge is -2.00. The van der Waals surface area contributed by atoms with Crippen molar-refractivity contribution in [1.82, 2.24) is 0 Å². The molecule has 0 amide bonds. The predicted octanol–water partition coefficient (Wildman–Crippen LogP) is 8.01. The highest BCUT2D eigenvalue weighted by Gasteiger charge is 1.92. The van der Waals surface area contributed by atoms with E-state index < -0.39 is 0 Å². The van der Waals surface area contributed by atoms with Crippen molar-refractivity contribution < 1.29 is 4.79 Å². The van der Waals surface area contributed by atoms with Gasteiger partial charge in [0.2, 0.25) is 0 Å². The van der Waals surface area contributed by atoms with Gasteiger partial charge >= 0.3 is 0 Å². The molecule has 1 nitrogen and oxygen atoms in total. The molecule has 0 aromatic carbocycles. The van der Waals surface area contributed by atoms with Gasteiger partial charge in [0.1, 0.15) is 6.29 Å². The zero-order valence-corrected chi connectivity index (χ0v) is 18.1. The third-order valence-corrected chi connectivity index (χ3v) is 5.02. The molecule has 0 atom stereocenters. The molecule has 0 aliphatic carbocycles. The predicted molar refractivity (Wildman–Crippen MR) is 120 cm³/mol. The van der Waals surface area contributed by atoms with Gasteiger partial charge in [0.05, 0.1) is 0 Å². The van der Waals surface area contributed by atoms with E-state index in [0.29, 0.717) is 0 Å². The number of aldehydes is 1. The van der Waals surface area contributed by atoms with Gasteiger partial charge in [0.25, 0.3) is 0 Å². The highest BCUT2D eigenvalue weighted by atomic mass is 16.1. The fourth-order valence-electron chi connectivity index (χ4n) is 3.24. The molecule has 0 N–H and O–H groups in total. The zero-order chi connectivity index (χ0) is 19.7. The van der Waals surface area contributed by atoms with E-state index in [9.17, 15) is 4.79 Å². The Bertz CT molecular complexity index is 415. The first-order valence-electron chi connectivity index (χ1n) is 11.8. The van der Waals surface area contributed by atoms with E-state index in [-0.39, 0.29) is 0 Å². The van der Waals surface area contributed by atoms with Gasteiger partial charge in [-0.15, -0.1) is 0 Å². The molecular formula is C26H44O. The normalized spacial score (nSPS) is 9.96. The SMILES string of the molecule is CCCCCCCCCCCCC#CC#CCCCCCCCCCC=O. The molecule has 0 heterocycles. The molecular weight excluding hydrogens is 328 g/mol. The van der Waals surface area contributed by atoms with E-state index in [2.05, 4.69) is 30.6 Å². The fourth-order valence-corrected chi connectivity index (χ4v) is 3.24. The standard InChI is InChI=1S/C26H44O/c1-2-3-4-5-6-7-8-9-10-11-12-13-14-15-16-17-18-19-20-21-22-23-24-25-26-27/h26H,2-12,17-25H2,1H3. The van der Waals surface area contributed by atoms with Crippen molar-refractivity contribution in [2.24, 2.45) is 0 Å². The number of hydrogen-bond acceptors (Lipinski definition) is 1. The summed E-state index contributed by atoms with van der Waals surface area (Å²) >= 11 is 0. The van der Waals surface area contributed by atoms with Crippen LogP contribution in [0.5, 0.6) is 0 Å². The van der Waals surface area contributed by atoms with Gasteiger partial charge in [-0.25, -0.2) is 0 Å².